The molecule has 0 saturated carbocycles. The van der Waals surface area contributed by atoms with Crippen molar-refractivity contribution in [3.05, 3.63) is 108 Å². The average molecular weight is 450 g/mol. The summed E-state index contributed by atoms with van der Waals surface area (Å²) < 4.78 is 7.64. The summed E-state index contributed by atoms with van der Waals surface area (Å²) in [5.41, 5.74) is 5.30. The molecule has 0 N–H and O–H groups in total. The van der Waals surface area contributed by atoms with Crippen LogP contribution in [0.2, 0.25) is 0 Å². The van der Waals surface area contributed by atoms with Crippen LogP contribution in [0.5, 0.6) is 0 Å². The molecule has 0 spiro atoms. The van der Waals surface area contributed by atoms with Crippen LogP contribution < -0.4 is 0 Å². The fourth-order valence-electron chi connectivity index (χ4n) is 3.64. The standard InChI is InChI=1S/C27H23N5O2/c1-19-8-10-21(11-9-19)25-29-30-26(34-25)22-12-14-23(15-13-22)27(33)31(2)17-20-16-28-32(18-20)24-6-4-3-5-7-24/h3-16,18H,17H2,1-2H3. The zero-order chi connectivity index (χ0) is 23.5. The second-order valence-corrected chi connectivity index (χ2v) is 8.15. The number of nitrogens with zero attached hydrogens (tertiary/aromatic N) is 5. The number of hydrogen-bond donors (Lipinski definition) is 0. The van der Waals surface area contributed by atoms with Crippen LogP contribution in [-0.2, 0) is 6.54 Å². The fourth-order valence-corrected chi connectivity index (χ4v) is 3.64. The van der Waals surface area contributed by atoms with E-state index >= 15 is 0 Å². The lowest BCUT2D eigenvalue weighted by Gasteiger charge is -2.16. The maximum atomic E-state index is 12.9. The van der Waals surface area contributed by atoms with Crippen molar-refractivity contribution in [1.29, 1.82) is 0 Å². The summed E-state index contributed by atoms with van der Waals surface area (Å²) in [6.45, 7) is 2.48. The Balaban J connectivity index is 1.26. The number of para-hydroxylation sites is 1. The van der Waals surface area contributed by atoms with Crippen LogP contribution in [0.4, 0.5) is 0 Å². The van der Waals surface area contributed by atoms with Crippen LogP contribution in [0, 0.1) is 6.92 Å². The minimum Gasteiger partial charge on any atom is -0.416 e. The van der Waals surface area contributed by atoms with Crippen molar-refractivity contribution in [2.75, 3.05) is 7.05 Å². The summed E-state index contributed by atoms with van der Waals surface area (Å²) in [6, 6.07) is 25.0. The molecule has 168 valence electrons. The van der Waals surface area contributed by atoms with Crippen LogP contribution >= 0.6 is 0 Å². The molecule has 5 rings (SSSR count). The zero-order valence-electron chi connectivity index (χ0n) is 18.9. The summed E-state index contributed by atoms with van der Waals surface area (Å²) >= 11 is 0. The molecule has 34 heavy (non-hydrogen) atoms. The summed E-state index contributed by atoms with van der Waals surface area (Å²) in [4.78, 5) is 14.6. The van der Waals surface area contributed by atoms with Crippen molar-refractivity contribution in [1.82, 2.24) is 24.9 Å². The first kappa shape index (κ1) is 21.3. The van der Waals surface area contributed by atoms with Gasteiger partial charge in [0.25, 0.3) is 5.91 Å². The number of amides is 1. The van der Waals surface area contributed by atoms with Gasteiger partial charge >= 0.3 is 0 Å². The molecule has 0 atom stereocenters. The highest BCUT2D eigenvalue weighted by Crippen LogP contribution is 2.24. The Morgan fingerprint density at radius 1 is 0.882 bits per heavy atom. The molecule has 2 heterocycles. The fraction of sp³-hybridized carbons (Fsp3) is 0.111. The van der Waals surface area contributed by atoms with Gasteiger partial charge in [0.1, 0.15) is 0 Å². The molecule has 7 nitrogen and oxygen atoms in total. The minimum absolute atomic E-state index is 0.0788. The van der Waals surface area contributed by atoms with Gasteiger partial charge in [-0.1, -0.05) is 35.9 Å². The molecule has 2 aromatic heterocycles. The predicted molar refractivity (Wildman–Crippen MR) is 129 cm³/mol. The Kier molecular flexibility index (Phi) is 5.74. The van der Waals surface area contributed by atoms with E-state index in [-0.39, 0.29) is 5.91 Å². The molecule has 0 aliphatic heterocycles. The molecule has 0 aliphatic rings. The highest BCUT2D eigenvalue weighted by Gasteiger charge is 2.15. The number of hydrogen-bond acceptors (Lipinski definition) is 5. The quantitative estimate of drug-likeness (QED) is 0.357. The topological polar surface area (TPSA) is 77.1 Å². The molecule has 0 bridgehead atoms. The molecule has 0 saturated heterocycles. The largest absolute Gasteiger partial charge is 0.416 e. The summed E-state index contributed by atoms with van der Waals surface area (Å²) in [5.74, 6) is 0.798. The maximum Gasteiger partial charge on any atom is 0.253 e. The third kappa shape index (κ3) is 4.49. The van der Waals surface area contributed by atoms with Gasteiger partial charge in [-0.15, -0.1) is 10.2 Å². The summed E-state index contributed by atoms with van der Waals surface area (Å²) in [6.07, 6.45) is 3.71. The highest BCUT2D eigenvalue weighted by atomic mass is 16.4. The lowest BCUT2D eigenvalue weighted by atomic mass is 10.1. The second-order valence-electron chi connectivity index (χ2n) is 8.15. The third-order valence-electron chi connectivity index (χ3n) is 5.53. The van der Waals surface area contributed by atoms with E-state index < -0.39 is 0 Å². The molecule has 1 amide bonds. The minimum atomic E-state index is -0.0788. The van der Waals surface area contributed by atoms with Gasteiger partial charge in [0.2, 0.25) is 11.8 Å². The smallest absolute Gasteiger partial charge is 0.253 e. The average Bonchev–Trinajstić information content (AvgIpc) is 3.55. The Morgan fingerprint density at radius 3 is 2.15 bits per heavy atom. The lowest BCUT2D eigenvalue weighted by molar-refractivity contribution is 0.0785. The Hall–Kier alpha value is -4.52. The summed E-state index contributed by atoms with van der Waals surface area (Å²) in [5, 5.41) is 12.7. The van der Waals surface area contributed by atoms with Gasteiger partial charge < -0.3 is 9.32 Å². The summed E-state index contributed by atoms with van der Waals surface area (Å²) in [7, 11) is 1.78. The van der Waals surface area contributed by atoms with E-state index in [0.29, 0.717) is 23.9 Å². The van der Waals surface area contributed by atoms with E-state index in [1.165, 1.54) is 5.56 Å². The van der Waals surface area contributed by atoms with Crippen LogP contribution in [-0.4, -0.2) is 37.8 Å². The van der Waals surface area contributed by atoms with E-state index in [0.717, 1.165) is 22.4 Å². The van der Waals surface area contributed by atoms with Crippen molar-refractivity contribution in [3.8, 4) is 28.6 Å². The normalized spacial score (nSPS) is 10.9. The van der Waals surface area contributed by atoms with E-state index in [4.69, 9.17) is 4.42 Å². The van der Waals surface area contributed by atoms with Crippen LogP contribution in [0.25, 0.3) is 28.6 Å². The molecular weight excluding hydrogens is 426 g/mol. The molecule has 3 aromatic carbocycles. The lowest BCUT2D eigenvalue weighted by Crippen LogP contribution is -2.25. The van der Waals surface area contributed by atoms with E-state index in [9.17, 15) is 4.79 Å². The van der Waals surface area contributed by atoms with Gasteiger partial charge in [-0.25, -0.2) is 4.68 Å². The van der Waals surface area contributed by atoms with Crippen molar-refractivity contribution in [2.45, 2.75) is 13.5 Å². The predicted octanol–water partition coefficient (Wildman–Crippen LogP) is 5.17. The van der Waals surface area contributed by atoms with E-state index in [1.54, 1.807) is 35.0 Å². The first-order valence-corrected chi connectivity index (χ1v) is 10.9. The van der Waals surface area contributed by atoms with E-state index in [2.05, 4.69) is 15.3 Å². The van der Waals surface area contributed by atoms with Crippen molar-refractivity contribution < 1.29 is 9.21 Å². The number of aromatic nitrogens is 4. The second kappa shape index (κ2) is 9.15. The van der Waals surface area contributed by atoms with Crippen molar-refractivity contribution in [3.63, 3.8) is 0 Å². The van der Waals surface area contributed by atoms with Crippen LogP contribution in [0.1, 0.15) is 21.5 Å². The third-order valence-corrected chi connectivity index (χ3v) is 5.53. The van der Waals surface area contributed by atoms with Crippen molar-refractivity contribution >= 4 is 5.91 Å². The molecule has 0 radical (unpaired) electrons. The van der Waals surface area contributed by atoms with E-state index in [1.807, 2.05) is 79.9 Å². The monoisotopic (exact) mass is 449 g/mol. The number of rotatable bonds is 6. The molecule has 0 unspecified atom stereocenters. The van der Waals surface area contributed by atoms with Gasteiger partial charge in [-0.2, -0.15) is 5.10 Å². The molecule has 7 heteroatoms. The molecule has 5 aromatic rings. The van der Waals surface area contributed by atoms with Crippen LogP contribution in [0.3, 0.4) is 0 Å². The number of carbonyl (C=O) groups excluding carboxylic acids is 1. The maximum absolute atomic E-state index is 12.9. The van der Waals surface area contributed by atoms with Crippen LogP contribution in [0.15, 0.2) is 95.7 Å². The Labute approximate surface area is 197 Å². The Morgan fingerprint density at radius 2 is 1.50 bits per heavy atom. The first-order chi connectivity index (χ1) is 16.6. The number of aryl methyl sites for hydroxylation is 1. The Bertz CT molecular complexity index is 1400. The highest BCUT2D eigenvalue weighted by molar-refractivity contribution is 5.94. The number of benzene rings is 3. The zero-order valence-corrected chi connectivity index (χ0v) is 18.9. The first-order valence-electron chi connectivity index (χ1n) is 10.9. The van der Waals surface area contributed by atoms with Gasteiger partial charge in [0.05, 0.1) is 11.9 Å². The molecule has 0 aliphatic carbocycles. The molecular formula is C27H23N5O2. The van der Waals surface area contributed by atoms with Gasteiger partial charge in [-0.3, -0.25) is 4.79 Å². The van der Waals surface area contributed by atoms with Gasteiger partial charge in [0, 0.05) is 42.0 Å². The SMILES string of the molecule is Cc1ccc(-c2nnc(-c3ccc(C(=O)N(C)Cc4cnn(-c5ccccc5)c4)cc3)o2)cc1. The van der Waals surface area contributed by atoms with Crippen molar-refractivity contribution in [2.24, 2.45) is 0 Å². The van der Waals surface area contributed by atoms with Gasteiger partial charge in [-0.05, 0) is 55.5 Å². The van der Waals surface area contributed by atoms with Gasteiger partial charge in [0.15, 0.2) is 0 Å². The molecule has 0 fully saturated rings. The number of carbonyl (C=O) groups is 1.